The van der Waals surface area contributed by atoms with Crippen LogP contribution in [0.15, 0.2) is 24.3 Å². The number of morpholine rings is 1. The third kappa shape index (κ3) is 5.96. The van der Waals surface area contributed by atoms with Crippen molar-refractivity contribution >= 4 is 5.97 Å². The summed E-state index contributed by atoms with van der Waals surface area (Å²) in [5, 5.41) is 0. The number of hydrogen-bond acceptors (Lipinski definition) is 4. The SMILES string of the molecule is CC(C)Cc1ccc([C@H](C)C(=O)OCCN2CCOCC2)cc1. The highest BCUT2D eigenvalue weighted by atomic mass is 16.5. The van der Waals surface area contributed by atoms with E-state index >= 15 is 0 Å². The van der Waals surface area contributed by atoms with Crippen LogP contribution >= 0.6 is 0 Å². The summed E-state index contributed by atoms with van der Waals surface area (Å²) in [6.45, 7) is 11.0. The molecule has 23 heavy (non-hydrogen) atoms. The van der Waals surface area contributed by atoms with Gasteiger partial charge in [0, 0.05) is 19.6 Å². The first-order valence-corrected chi connectivity index (χ1v) is 8.62. The van der Waals surface area contributed by atoms with E-state index in [1.54, 1.807) is 0 Å². The molecule has 1 heterocycles. The van der Waals surface area contributed by atoms with Crippen molar-refractivity contribution in [1.82, 2.24) is 4.90 Å². The zero-order valence-corrected chi connectivity index (χ0v) is 14.6. The number of benzene rings is 1. The lowest BCUT2D eigenvalue weighted by molar-refractivity contribution is -0.145. The van der Waals surface area contributed by atoms with Gasteiger partial charge in [0.2, 0.25) is 0 Å². The Balaban J connectivity index is 1.77. The van der Waals surface area contributed by atoms with Gasteiger partial charge in [0.25, 0.3) is 0 Å². The molecule has 1 aromatic rings. The average molecular weight is 319 g/mol. The molecule has 0 spiro atoms. The topological polar surface area (TPSA) is 38.8 Å². The molecule has 1 saturated heterocycles. The number of carbonyl (C=O) groups excluding carboxylic acids is 1. The minimum atomic E-state index is -0.215. The summed E-state index contributed by atoms with van der Waals surface area (Å²) in [6.07, 6.45) is 1.07. The molecule has 1 aromatic carbocycles. The number of hydrogen-bond donors (Lipinski definition) is 0. The Labute approximate surface area is 139 Å². The molecule has 0 radical (unpaired) electrons. The van der Waals surface area contributed by atoms with Crippen molar-refractivity contribution in [3.05, 3.63) is 35.4 Å². The van der Waals surface area contributed by atoms with Gasteiger partial charge in [-0.15, -0.1) is 0 Å². The standard InChI is InChI=1S/C19H29NO3/c1-15(2)14-17-4-6-18(7-5-17)16(3)19(21)23-13-10-20-8-11-22-12-9-20/h4-7,15-16H,8-14H2,1-3H3/t16-/m0/s1. The molecular weight excluding hydrogens is 290 g/mol. The Kier molecular flexibility index (Phi) is 7.06. The molecule has 1 aliphatic rings. The van der Waals surface area contributed by atoms with Crippen LogP contribution < -0.4 is 0 Å². The van der Waals surface area contributed by atoms with Crippen LogP contribution in [0.4, 0.5) is 0 Å². The molecule has 0 aromatic heterocycles. The second-order valence-electron chi connectivity index (χ2n) is 6.68. The maximum atomic E-state index is 12.2. The van der Waals surface area contributed by atoms with Crippen molar-refractivity contribution < 1.29 is 14.3 Å². The van der Waals surface area contributed by atoms with Gasteiger partial charge in [0.1, 0.15) is 6.61 Å². The predicted molar refractivity (Wildman–Crippen MR) is 91.6 cm³/mol. The fraction of sp³-hybridized carbons (Fsp3) is 0.632. The lowest BCUT2D eigenvalue weighted by atomic mass is 9.97. The molecule has 0 amide bonds. The fourth-order valence-electron chi connectivity index (χ4n) is 2.77. The molecular formula is C19H29NO3. The van der Waals surface area contributed by atoms with Crippen LogP contribution in [0.5, 0.6) is 0 Å². The van der Waals surface area contributed by atoms with Gasteiger partial charge in [-0.05, 0) is 30.4 Å². The van der Waals surface area contributed by atoms with Crippen LogP contribution in [-0.4, -0.2) is 50.3 Å². The van der Waals surface area contributed by atoms with E-state index in [9.17, 15) is 4.79 Å². The summed E-state index contributed by atoms with van der Waals surface area (Å²) >= 11 is 0. The normalized spacial score (nSPS) is 17.2. The summed E-state index contributed by atoms with van der Waals surface area (Å²) in [5.41, 5.74) is 2.34. The molecule has 0 bridgehead atoms. The molecule has 4 heteroatoms. The quantitative estimate of drug-likeness (QED) is 0.725. The molecule has 0 saturated carbocycles. The smallest absolute Gasteiger partial charge is 0.313 e. The summed E-state index contributed by atoms with van der Waals surface area (Å²) < 4.78 is 10.7. The Morgan fingerprint density at radius 3 is 2.43 bits per heavy atom. The first-order chi connectivity index (χ1) is 11.1. The number of rotatable bonds is 7. The van der Waals surface area contributed by atoms with Crippen molar-refractivity contribution in [3.8, 4) is 0 Å². The summed E-state index contributed by atoms with van der Waals surface area (Å²) in [7, 11) is 0. The minimum Gasteiger partial charge on any atom is -0.464 e. The van der Waals surface area contributed by atoms with Crippen molar-refractivity contribution in [3.63, 3.8) is 0 Å². The fourth-order valence-corrected chi connectivity index (χ4v) is 2.77. The molecule has 0 unspecified atom stereocenters. The average Bonchev–Trinajstić information content (AvgIpc) is 2.55. The van der Waals surface area contributed by atoms with E-state index in [2.05, 4.69) is 30.9 Å². The monoisotopic (exact) mass is 319 g/mol. The zero-order chi connectivity index (χ0) is 16.7. The van der Waals surface area contributed by atoms with E-state index in [0.717, 1.165) is 44.8 Å². The second kappa shape index (κ2) is 9.04. The highest BCUT2D eigenvalue weighted by Crippen LogP contribution is 2.19. The van der Waals surface area contributed by atoms with Gasteiger partial charge < -0.3 is 9.47 Å². The molecule has 1 fully saturated rings. The van der Waals surface area contributed by atoms with Gasteiger partial charge in [-0.2, -0.15) is 0 Å². The predicted octanol–water partition coefficient (Wildman–Crippen LogP) is 2.86. The first-order valence-electron chi connectivity index (χ1n) is 8.62. The van der Waals surface area contributed by atoms with E-state index in [1.165, 1.54) is 5.56 Å². The molecule has 0 aliphatic carbocycles. The summed E-state index contributed by atoms with van der Waals surface area (Å²) in [5.74, 6) is 0.283. The molecule has 0 N–H and O–H groups in total. The number of ether oxygens (including phenoxy) is 2. The van der Waals surface area contributed by atoms with Crippen LogP contribution in [0.2, 0.25) is 0 Å². The van der Waals surface area contributed by atoms with Crippen molar-refractivity contribution in [2.75, 3.05) is 39.5 Å². The van der Waals surface area contributed by atoms with Crippen LogP contribution in [0.1, 0.15) is 37.8 Å². The maximum Gasteiger partial charge on any atom is 0.313 e. The third-order valence-electron chi connectivity index (χ3n) is 4.23. The Morgan fingerprint density at radius 2 is 1.83 bits per heavy atom. The van der Waals surface area contributed by atoms with E-state index in [-0.39, 0.29) is 11.9 Å². The Hall–Kier alpha value is -1.39. The van der Waals surface area contributed by atoms with Gasteiger partial charge in [-0.3, -0.25) is 9.69 Å². The van der Waals surface area contributed by atoms with Crippen molar-refractivity contribution in [1.29, 1.82) is 0 Å². The van der Waals surface area contributed by atoms with Crippen molar-refractivity contribution in [2.24, 2.45) is 5.92 Å². The van der Waals surface area contributed by atoms with Gasteiger partial charge >= 0.3 is 5.97 Å². The van der Waals surface area contributed by atoms with Crippen LogP contribution in [0.25, 0.3) is 0 Å². The van der Waals surface area contributed by atoms with Gasteiger partial charge in [-0.25, -0.2) is 0 Å². The molecule has 128 valence electrons. The van der Waals surface area contributed by atoms with E-state index in [1.807, 2.05) is 19.1 Å². The van der Waals surface area contributed by atoms with Gasteiger partial charge in [0.05, 0.1) is 19.1 Å². The summed E-state index contributed by atoms with van der Waals surface area (Å²) in [6, 6.07) is 8.33. The second-order valence-corrected chi connectivity index (χ2v) is 6.68. The molecule has 2 rings (SSSR count). The largest absolute Gasteiger partial charge is 0.464 e. The van der Waals surface area contributed by atoms with Crippen LogP contribution in [0.3, 0.4) is 0 Å². The highest BCUT2D eigenvalue weighted by molar-refractivity contribution is 5.77. The number of esters is 1. The number of nitrogens with zero attached hydrogens (tertiary/aromatic N) is 1. The van der Waals surface area contributed by atoms with E-state index < -0.39 is 0 Å². The van der Waals surface area contributed by atoms with Gasteiger partial charge in [0.15, 0.2) is 0 Å². The van der Waals surface area contributed by atoms with Crippen molar-refractivity contribution in [2.45, 2.75) is 33.1 Å². The Bertz CT molecular complexity index is 478. The zero-order valence-electron chi connectivity index (χ0n) is 14.6. The molecule has 1 atom stereocenters. The molecule has 1 aliphatic heterocycles. The minimum absolute atomic E-state index is 0.144. The lowest BCUT2D eigenvalue weighted by Crippen LogP contribution is -2.38. The third-order valence-corrected chi connectivity index (χ3v) is 4.23. The first kappa shape index (κ1) is 18.0. The molecule has 4 nitrogen and oxygen atoms in total. The number of carbonyl (C=O) groups is 1. The highest BCUT2D eigenvalue weighted by Gasteiger charge is 2.17. The van der Waals surface area contributed by atoms with Gasteiger partial charge in [-0.1, -0.05) is 38.1 Å². The summed E-state index contributed by atoms with van der Waals surface area (Å²) in [4.78, 5) is 14.4. The van der Waals surface area contributed by atoms with Crippen LogP contribution in [-0.2, 0) is 20.7 Å². The lowest BCUT2D eigenvalue weighted by Gasteiger charge is -2.26. The van der Waals surface area contributed by atoms with Crippen LogP contribution in [0, 0.1) is 5.92 Å². The maximum absolute atomic E-state index is 12.2. The van der Waals surface area contributed by atoms with E-state index in [4.69, 9.17) is 9.47 Å². The Morgan fingerprint density at radius 1 is 1.17 bits per heavy atom. The van der Waals surface area contributed by atoms with E-state index in [0.29, 0.717) is 12.5 Å².